The minimum absolute atomic E-state index is 0.0657. The van der Waals surface area contributed by atoms with Gasteiger partial charge in [-0.2, -0.15) is 0 Å². The zero-order chi connectivity index (χ0) is 13.9. The maximum absolute atomic E-state index is 13.5. The van der Waals surface area contributed by atoms with Crippen molar-refractivity contribution in [2.75, 3.05) is 5.75 Å². The number of rotatable bonds is 5. The van der Waals surface area contributed by atoms with E-state index >= 15 is 0 Å². The summed E-state index contributed by atoms with van der Waals surface area (Å²) in [5.74, 6) is -2.43. The first-order chi connectivity index (χ1) is 8.29. The number of carboxylic acid groups (broad SMARTS) is 1. The van der Waals surface area contributed by atoms with E-state index in [9.17, 15) is 17.6 Å². The monoisotopic (exact) mass is 272 g/mol. The lowest BCUT2D eigenvalue weighted by Gasteiger charge is -2.09. The second-order valence-electron chi connectivity index (χ2n) is 3.78. The van der Waals surface area contributed by atoms with Gasteiger partial charge in [0.05, 0.1) is 16.2 Å². The Balaban J connectivity index is 3.39. The first-order valence-electron chi connectivity index (χ1n) is 5.16. The third-order valence-electron chi connectivity index (χ3n) is 2.47. The van der Waals surface area contributed by atoms with Gasteiger partial charge >= 0.3 is 5.97 Å². The summed E-state index contributed by atoms with van der Waals surface area (Å²) in [5, 5.41) is 8.79. The molecule has 6 heteroatoms. The van der Waals surface area contributed by atoms with Gasteiger partial charge in [-0.25, -0.2) is 17.6 Å². The molecule has 0 atom stereocenters. The van der Waals surface area contributed by atoms with E-state index in [0.29, 0.717) is 0 Å². The summed E-state index contributed by atoms with van der Waals surface area (Å²) in [6.07, 6.45) is 1.66. The number of carbonyl (C=O) groups is 1. The molecule has 0 spiro atoms. The summed E-state index contributed by atoms with van der Waals surface area (Å²) in [6.45, 7) is 4.72. The highest BCUT2D eigenvalue weighted by atomic mass is 32.2. The van der Waals surface area contributed by atoms with Crippen LogP contribution in [-0.4, -0.2) is 25.2 Å². The van der Waals surface area contributed by atoms with Gasteiger partial charge in [-0.3, -0.25) is 0 Å². The number of aromatic carboxylic acids is 1. The van der Waals surface area contributed by atoms with Crippen molar-refractivity contribution in [1.82, 2.24) is 0 Å². The van der Waals surface area contributed by atoms with E-state index in [1.165, 1.54) is 13.0 Å². The van der Waals surface area contributed by atoms with Crippen LogP contribution >= 0.6 is 0 Å². The minimum atomic E-state index is -3.71. The molecule has 0 fully saturated rings. The maximum atomic E-state index is 13.5. The van der Waals surface area contributed by atoms with Gasteiger partial charge in [0.25, 0.3) is 0 Å². The van der Waals surface area contributed by atoms with Gasteiger partial charge in [0, 0.05) is 5.56 Å². The molecule has 0 aliphatic carbocycles. The number of sulfone groups is 1. The Morgan fingerprint density at radius 3 is 2.61 bits per heavy atom. The first kappa shape index (κ1) is 14.4. The van der Waals surface area contributed by atoms with Crippen molar-refractivity contribution in [3.05, 3.63) is 41.7 Å². The van der Waals surface area contributed by atoms with E-state index in [-0.39, 0.29) is 28.2 Å². The van der Waals surface area contributed by atoms with Gasteiger partial charge in [0.1, 0.15) is 5.82 Å². The first-order valence-corrected chi connectivity index (χ1v) is 6.82. The number of hydrogen-bond acceptors (Lipinski definition) is 3. The van der Waals surface area contributed by atoms with Crippen molar-refractivity contribution in [1.29, 1.82) is 0 Å². The molecular weight excluding hydrogens is 259 g/mol. The fourth-order valence-corrected chi connectivity index (χ4v) is 3.02. The molecule has 0 saturated carbocycles. The van der Waals surface area contributed by atoms with Crippen molar-refractivity contribution < 1.29 is 22.7 Å². The number of hydrogen-bond donors (Lipinski definition) is 1. The van der Waals surface area contributed by atoms with Gasteiger partial charge in [-0.15, -0.1) is 6.58 Å². The maximum Gasteiger partial charge on any atom is 0.335 e. The predicted molar refractivity (Wildman–Crippen MR) is 65.0 cm³/mol. The highest BCUT2D eigenvalue weighted by molar-refractivity contribution is 7.91. The van der Waals surface area contributed by atoms with Gasteiger partial charge in [0.15, 0.2) is 9.84 Å². The van der Waals surface area contributed by atoms with E-state index in [1.807, 2.05) is 0 Å². The second-order valence-corrected chi connectivity index (χ2v) is 5.86. The van der Waals surface area contributed by atoms with E-state index in [2.05, 4.69) is 6.58 Å². The number of allylic oxidation sites excluding steroid dienone is 1. The zero-order valence-electron chi connectivity index (χ0n) is 9.81. The Bertz CT molecular complexity index is 590. The normalized spacial score (nSPS) is 11.2. The molecule has 4 nitrogen and oxygen atoms in total. The van der Waals surface area contributed by atoms with Crippen LogP contribution in [0.15, 0.2) is 29.7 Å². The molecule has 98 valence electrons. The van der Waals surface area contributed by atoms with Crippen LogP contribution in [-0.2, 0) is 9.84 Å². The van der Waals surface area contributed by atoms with Gasteiger partial charge in [0.2, 0.25) is 0 Å². The summed E-state index contributed by atoms with van der Waals surface area (Å²) in [5.41, 5.74) is -0.445. The highest BCUT2D eigenvalue weighted by Gasteiger charge is 2.21. The highest BCUT2D eigenvalue weighted by Crippen LogP contribution is 2.22. The van der Waals surface area contributed by atoms with Crippen LogP contribution in [0.2, 0.25) is 0 Å². The Labute approximate surface area is 105 Å². The molecule has 1 aromatic rings. The van der Waals surface area contributed by atoms with Crippen molar-refractivity contribution >= 4 is 15.8 Å². The predicted octanol–water partition coefficient (Wildman–Crippen LogP) is 2.18. The quantitative estimate of drug-likeness (QED) is 0.834. The van der Waals surface area contributed by atoms with Gasteiger partial charge in [-0.05, 0) is 25.5 Å². The average Bonchev–Trinajstić information content (AvgIpc) is 2.29. The number of halogens is 1. The van der Waals surface area contributed by atoms with Crippen LogP contribution < -0.4 is 0 Å². The zero-order valence-corrected chi connectivity index (χ0v) is 10.6. The van der Waals surface area contributed by atoms with Crippen LogP contribution in [0.4, 0.5) is 4.39 Å². The van der Waals surface area contributed by atoms with Gasteiger partial charge in [-0.1, -0.05) is 6.08 Å². The van der Waals surface area contributed by atoms with Crippen molar-refractivity contribution in [3.8, 4) is 0 Å². The third kappa shape index (κ3) is 2.95. The summed E-state index contributed by atoms with van der Waals surface area (Å²) < 4.78 is 37.4. The van der Waals surface area contributed by atoms with Crippen LogP contribution in [0.1, 0.15) is 22.3 Å². The number of carboxylic acids is 1. The fourth-order valence-electron chi connectivity index (χ4n) is 1.45. The Morgan fingerprint density at radius 1 is 1.50 bits per heavy atom. The van der Waals surface area contributed by atoms with E-state index in [4.69, 9.17) is 5.11 Å². The van der Waals surface area contributed by atoms with Crippen molar-refractivity contribution in [2.45, 2.75) is 18.2 Å². The fraction of sp³-hybridized carbons (Fsp3) is 0.250. The molecule has 18 heavy (non-hydrogen) atoms. The van der Waals surface area contributed by atoms with Crippen molar-refractivity contribution in [3.63, 3.8) is 0 Å². The SMILES string of the molecule is C=CCCS(=O)(=O)c1cc(C(=O)O)cc(F)c1C. The van der Waals surface area contributed by atoms with Crippen LogP contribution in [0, 0.1) is 12.7 Å². The second kappa shape index (κ2) is 5.30. The molecule has 1 rings (SSSR count). The Kier molecular flexibility index (Phi) is 4.24. The van der Waals surface area contributed by atoms with Gasteiger partial charge < -0.3 is 5.11 Å². The molecule has 0 saturated heterocycles. The van der Waals surface area contributed by atoms with Crippen molar-refractivity contribution in [2.24, 2.45) is 0 Å². The molecule has 0 unspecified atom stereocenters. The van der Waals surface area contributed by atoms with Crippen LogP contribution in [0.3, 0.4) is 0 Å². The molecule has 0 bridgehead atoms. The average molecular weight is 272 g/mol. The summed E-state index contributed by atoms with van der Waals surface area (Å²) in [6, 6.07) is 1.79. The molecule has 0 heterocycles. The molecule has 0 aliphatic rings. The molecule has 1 aromatic carbocycles. The molecular formula is C12H13FO4S. The smallest absolute Gasteiger partial charge is 0.335 e. The van der Waals surface area contributed by atoms with Crippen LogP contribution in [0.25, 0.3) is 0 Å². The van der Waals surface area contributed by atoms with E-state index < -0.39 is 21.6 Å². The topological polar surface area (TPSA) is 71.4 Å². The lowest BCUT2D eigenvalue weighted by molar-refractivity contribution is 0.0696. The molecule has 0 aliphatic heterocycles. The third-order valence-corrected chi connectivity index (χ3v) is 4.34. The lowest BCUT2D eigenvalue weighted by Crippen LogP contribution is -2.11. The molecule has 0 radical (unpaired) electrons. The summed E-state index contributed by atoms with van der Waals surface area (Å²) in [4.78, 5) is 10.5. The Hall–Kier alpha value is -1.69. The van der Waals surface area contributed by atoms with Crippen LogP contribution in [0.5, 0.6) is 0 Å². The number of benzene rings is 1. The molecule has 0 aromatic heterocycles. The van der Waals surface area contributed by atoms with E-state index in [0.717, 1.165) is 12.1 Å². The molecule has 1 N–H and O–H groups in total. The standard InChI is InChI=1S/C12H13FO4S/c1-3-4-5-18(16,17)11-7-9(12(14)15)6-10(13)8(11)2/h3,6-7H,1,4-5H2,2H3,(H,14,15). The van der Waals surface area contributed by atoms with E-state index in [1.54, 1.807) is 0 Å². The summed E-state index contributed by atoms with van der Waals surface area (Å²) in [7, 11) is -3.71. The largest absolute Gasteiger partial charge is 0.478 e. The molecule has 0 amide bonds. The summed E-state index contributed by atoms with van der Waals surface area (Å²) >= 11 is 0. The minimum Gasteiger partial charge on any atom is -0.478 e. The lowest BCUT2D eigenvalue weighted by atomic mass is 10.1. The Morgan fingerprint density at radius 2 is 2.11 bits per heavy atom.